The first kappa shape index (κ1) is 15.8. The molecule has 20 heavy (non-hydrogen) atoms. The maximum Gasteiger partial charge on any atom is 0.238 e. The van der Waals surface area contributed by atoms with E-state index in [0.717, 1.165) is 10.2 Å². The molecule has 1 aromatic carbocycles. The summed E-state index contributed by atoms with van der Waals surface area (Å²) in [6.07, 6.45) is 6.49. The van der Waals surface area contributed by atoms with Crippen molar-refractivity contribution in [3.8, 4) is 0 Å². The predicted molar refractivity (Wildman–Crippen MR) is 85.2 cm³/mol. The number of primary sulfonamides is 1. The van der Waals surface area contributed by atoms with Crippen molar-refractivity contribution in [1.29, 1.82) is 0 Å². The molecule has 0 aromatic heterocycles. The van der Waals surface area contributed by atoms with Crippen molar-refractivity contribution in [2.75, 3.05) is 5.32 Å². The number of hydrogen-bond donors (Lipinski definition) is 2. The fraction of sp³-hybridized carbons (Fsp3) is 0.571. The summed E-state index contributed by atoms with van der Waals surface area (Å²) in [5.41, 5.74) is 0.912. The van der Waals surface area contributed by atoms with Gasteiger partial charge in [-0.2, -0.15) is 0 Å². The molecule has 1 aliphatic carbocycles. The van der Waals surface area contributed by atoms with Gasteiger partial charge in [0.1, 0.15) is 0 Å². The van der Waals surface area contributed by atoms with E-state index in [2.05, 4.69) is 28.2 Å². The Hall–Kier alpha value is -0.590. The lowest BCUT2D eigenvalue weighted by Gasteiger charge is -2.29. The fourth-order valence-electron chi connectivity index (χ4n) is 2.79. The van der Waals surface area contributed by atoms with Crippen molar-refractivity contribution < 1.29 is 8.42 Å². The Balaban J connectivity index is 2.09. The number of benzene rings is 1. The predicted octanol–water partition coefficient (Wildman–Crippen LogP) is 3.48. The molecule has 2 rings (SSSR count). The molecule has 0 saturated heterocycles. The summed E-state index contributed by atoms with van der Waals surface area (Å²) in [5.74, 6) is 0.688. The Morgan fingerprint density at radius 2 is 1.95 bits per heavy atom. The van der Waals surface area contributed by atoms with Crippen LogP contribution in [0.5, 0.6) is 0 Å². The van der Waals surface area contributed by atoms with Crippen LogP contribution in [0.25, 0.3) is 0 Å². The van der Waals surface area contributed by atoms with Crippen LogP contribution in [0.1, 0.15) is 39.0 Å². The summed E-state index contributed by atoms with van der Waals surface area (Å²) in [6.45, 7) is 2.19. The van der Waals surface area contributed by atoms with E-state index >= 15 is 0 Å². The van der Waals surface area contributed by atoms with Gasteiger partial charge in [0.25, 0.3) is 0 Å². The minimum atomic E-state index is -3.65. The van der Waals surface area contributed by atoms with Gasteiger partial charge in [-0.25, -0.2) is 13.6 Å². The average molecular weight is 361 g/mol. The van der Waals surface area contributed by atoms with Crippen LogP contribution in [0, 0.1) is 5.92 Å². The highest BCUT2D eigenvalue weighted by Gasteiger charge is 2.20. The third kappa shape index (κ3) is 3.96. The van der Waals surface area contributed by atoms with E-state index in [1.54, 1.807) is 12.1 Å². The van der Waals surface area contributed by atoms with Crippen molar-refractivity contribution in [2.45, 2.75) is 50.0 Å². The molecule has 1 atom stereocenters. The number of anilines is 1. The van der Waals surface area contributed by atoms with Crippen molar-refractivity contribution in [2.24, 2.45) is 11.1 Å². The lowest BCUT2D eigenvalue weighted by atomic mass is 9.84. The molecule has 1 saturated carbocycles. The first-order valence-corrected chi connectivity index (χ1v) is 9.31. The van der Waals surface area contributed by atoms with Crippen LogP contribution in [0.4, 0.5) is 5.69 Å². The fourth-order valence-corrected chi connectivity index (χ4v) is 3.97. The van der Waals surface area contributed by atoms with Gasteiger partial charge in [-0.3, -0.25) is 0 Å². The lowest BCUT2D eigenvalue weighted by Crippen LogP contribution is -2.27. The van der Waals surface area contributed by atoms with E-state index in [0.29, 0.717) is 12.0 Å². The monoisotopic (exact) mass is 360 g/mol. The third-order valence-corrected chi connectivity index (χ3v) is 5.58. The van der Waals surface area contributed by atoms with E-state index in [4.69, 9.17) is 5.14 Å². The highest BCUT2D eigenvalue weighted by atomic mass is 79.9. The zero-order chi connectivity index (χ0) is 14.8. The van der Waals surface area contributed by atoms with Crippen LogP contribution in [-0.4, -0.2) is 14.5 Å². The van der Waals surface area contributed by atoms with Gasteiger partial charge in [-0.05, 0) is 59.8 Å². The van der Waals surface area contributed by atoms with E-state index < -0.39 is 10.0 Å². The Morgan fingerprint density at radius 1 is 1.30 bits per heavy atom. The van der Waals surface area contributed by atoms with Gasteiger partial charge in [-0.15, -0.1) is 0 Å². The highest BCUT2D eigenvalue weighted by molar-refractivity contribution is 9.10. The second kappa shape index (κ2) is 6.45. The van der Waals surface area contributed by atoms with Gasteiger partial charge in [0.05, 0.1) is 4.90 Å². The molecule has 6 heteroatoms. The molecule has 1 fully saturated rings. The second-order valence-electron chi connectivity index (χ2n) is 5.52. The lowest BCUT2D eigenvalue weighted by molar-refractivity contribution is 0.328. The van der Waals surface area contributed by atoms with Crippen molar-refractivity contribution in [1.82, 2.24) is 0 Å². The molecule has 1 aromatic rings. The van der Waals surface area contributed by atoms with Crippen LogP contribution in [0.2, 0.25) is 0 Å². The van der Waals surface area contributed by atoms with E-state index in [-0.39, 0.29) is 4.90 Å². The first-order valence-electron chi connectivity index (χ1n) is 6.97. The minimum Gasteiger partial charge on any atom is -0.381 e. The van der Waals surface area contributed by atoms with Crippen molar-refractivity contribution >= 4 is 31.6 Å². The molecule has 0 bridgehead atoms. The van der Waals surface area contributed by atoms with Gasteiger partial charge in [-0.1, -0.05) is 19.3 Å². The highest BCUT2D eigenvalue weighted by Crippen LogP contribution is 2.31. The molecule has 1 aliphatic rings. The largest absolute Gasteiger partial charge is 0.381 e. The first-order chi connectivity index (χ1) is 9.38. The normalized spacial score (nSPS) is 18.8. The van der Waals surface area contributed by atoms with Crippen LogP contribution in [-0.2, 0) is 10.0 Å². The summed E-state index contributed by atoms with van der Waals surface area (Å²) in [6, 6.07) is 5.23. The van der Waals surface area contributed by atoms with Crippen LogP contribution < -0.4 is 10.5 Å². The summed E-state index contributed by atoms with van der Waals surface area (Å²) >= 11 is 3.41. The Bertz CT molecular complexity index is 569. The molecule has 0 radical (unpaired) electrons. The number of sulfonamides is 1. The Morgan fingerprint density at radius 3 is 2.50 bits per heavy atom. The van der Waals surface area contributed by atoms with Gasteiger partial charge >= 0.3 is 0 Å². The second-order valence-corrected chi connectivity index (χ2v) is 7.93. The third-order valence-electron chi connectivity index (χ3n) is 4.01. The molecular formula is C14H21BrN2O2S. The van der Waals surface area contributed by atoms with Crippen LogP contribution in [0.3, 0.4) is 0 Å². The zero-order valence-electron chi connectivity index (χ0n) is 11.6. The molecule has 4 nitrogen and oxygen atoms in total. The number of hydrogen-bond acceptors (Lipinski definition) is 3. The number of halogens is 1. The number of nitrogens with two attached hydrogens (primary N) is 1. The molecule has 3 N–H and O–H groups in total. The molecule has 1 unspecified atom stereocenters. The van der Waals surface area contributed by atoms with Gasteiger partial charge < -0.3 is 5.32 Å². The quantitative estimate of drug-likeness (QED) is 0.863. The van der Waals surface area contributed by atoms with Crippen molar-refractivity contribution in [3.05, 3.63) is 22.7 Å². The molecule has 0 spiro atoms. The standard InChI is InChI=1S/C14H21BrN2O2S/c1-10(11-5-3-2-4-6-11)17-14-8-7-12(9-13(14)15)20(16,18)19/h7-11,17H,2-6H2,1H3,(H2,16,18,19). The summed E-state index contributed by atoms with van der Waals surface area (Å²) < 4.78 is 23.3. The topological polar surface area (TPSA) is 72.2 Å². The maximum atomic E-state index is 11.3. The van der Waals surface area contributed by atoms with Crippen LogP contribution >= 0.6 is 15.9 Å². The number of nitrogens with one attached hydrogen (secondary N) is 1. The zero-order valence-corrected chi connectivity index (χ0v) is 14.0. The van der Waals surface area contributed by atoms with Gasteiger partial charge in [0, 0.05) is 16.2 Å². The summed E-state index contributed by atoms with van der Waals surface area (Å²) in [7, 11) is -3.65. The number of rotatable bonds is 4. The molecule has 0 amide bonds. The Labute approximate surface area is 129 Å². The molecular weight excluding hydrogens is 340 g/mol. The smallest absolute Gasteiger partial charge is 0.238 e. The summed E-state index contributed by atoms with van der Waals surface area (Å²) in [4.78, 5) is 0.125. The summed E-state index contributed by atoms with van der Waals surface area (Å²) in [5, 5.41) is 8.60. The van der Waals surface area contributed by atoms with E-state index in [1.165, 1.54) is 38.2 Å². The molecule has 0 aliphatic heterocycles. The maximum absolute atomic E-state index is 11.3. The van der Waals surface area contributed by atoms with Gasteiger partial charge in [0.15, 0.2) is 0 Å². The molecule has 112 valence electrons. The van der Waals surface area contributed by atoms with E-state index in [9.17, 15) is 8.42 Å². The minimum absolute atomic E-state index is 0.125. The van der Waals surface area contributed by atoms with Crippen LogP contribution in [0.15, 0.2) is 27.6 Å². The average Bonchev–Trinajstić information content (AvgIpc) is 2.41. The van der Waals surface area contributed by atoms with Gasteiger partial charge in [0.2, 0.25) is 10.0 Å². The molecule has 0 heterocycles. The van der Waals surface area contributed by atoms with E-state index in [1.807, 2.05) is 0 Å². The SMILES string of the molecule is CC(Nc1ccc(S(N)(=O)=O)cc1Br)C1CCCCC1. The van der Waals surface area contributed by atoms with Crippen molar-refractivity contribution in [3.63, 3.8) is 0 Å². The Kier molecular flexibility index (Phi) is 5.09.